The zero-order valence-corrected chi connectivity index (χ0v) is 11.0. The third kappa shape index (κ3) is 3.08. The molecule has 0 aliphatic heterocycles. The molecule has 0 fully saturated rings. The minimum atomic E-state index is 0.576. The second kappa shape index (κ2) is 5.34. The van der Waals surface area contributed by atoms with Gasteiger partial charge in [0.2, 0.25) is 0 Å². The molecule has 0 saturated carbocycles. The van der Waals surface area contributed by atoms with Crippen molar-refractivity contribution in [2.75, 3.05) is 0 Å². The Hall–Kier alpha value is -1.32. The monoisotopic (exact) mass is 310 g/mol. The van der Waals surface area contributed by atoms with Gasteiger partial charge in [0, 0.05) is 10.6 Å². The number of benzene rings is 2. The topological polar surface area (TPSA) is 26.3 Å². The zero-order valence-electron chi connectivity index (χ0n) is 8.69. The summed E-state index contributed by atoms with van der Waals surface area (Å²) in [5.74, 6) is 1.26. The number of halogens is 2. The predicted octanol–water partition coefficient (Wildman–Crippen LogP) is 4.71. The third-order valence-electron chi connectivity index (χ3n) is 2.12. The molecule has 0 unspecified atom stereocenters. The molecule has 0 aliphatic rings. The third-order valence-corrected chi connectivity index (χ3v) is 2.97. The number of ether oxygens (including phenoxy) is 1. The maximum Gasteiger partial charge on any atom is 0.150 e. The van der Waals surface area contributed by atoms with E-state index in [9.17, 15) is 4.79 Å². The highest BCUT2D eigenvalue weighted by molar-refractivity contribution is 9.10. The molecule has 0 bridgehead atoms. The Morgan fingerprint density at radius 1 is 1.18 bits per heavy atom. The Labute approximate surface area is 112 Å². The first-order chi connectivity index (χ1) is 8.19. The smallest absolute Gasteiger partial charge is 0.150 e. The number of hydrogen-bond donors (Lipinski definition) is 0. The van der Waals surface area contributed by atoms with Gasteiger partial charge in [-0.1, -0.05) is 23.7 Å². The Bertz CT molecular complexity index is 555. The van der Waals surface area contributed by atoms with Gasteiger partial charge in [-0.05, 0) is 46.3 Å². The summed E-state index contributed by atoms with van der Waals surface area (Å²) in [6.07, 6.45) is 0.782. The molecule has 0 atom stereocenters. The molecule has 0 radical (unpaired) electrons. The lowest BCUT2D eigenvalue weighted by Gasteiger charge is -2.08. The van der Waals surface area contributed by atoms with Gasteiger partial charge in [0.1, 0.15) is 17.8 Å². The van der Waals surface area contributed by atoms with Crippen LogP contribution < -0.4 is 4.74 Å². The molecule has 0 aliphatic carbocycles. The van der Waals surface area contributed by atoms with E-state index in [2.05, 4.69) is 15.9 Å². The van der Waals surface area contributed by atoms with Crippen LogP contribution in [0.25, 0.3) is 0 Å². The summed E-state index contributed by atoms with van der Waals surface area (Å²) in [5.41, 5.74) is 0.576. The van der Waals surface area contributed by atoms with Gasteiger partial charge in [-0.3, -0.25) is 4.79 Å². The van der Waals surface area contributed by atoms with E-state index < -0.39 is 0 Å². The van der Waals surface area contributed by atoms with E-state index in [-0.39, 0.29) is 0 Å². The fourth-order valence-electron chi connectivity index (χ4n) is 1.34. The zero-order chi connectivity index (χ0) is 12.3. The first-order valence-electron chi connectivity index (χ1n) is 4.87. The first kappa shape index (κ1) is 12.1. The highest BCUT2D eigenvalue weighted by Gasteiger charge is 2.04. The molecule has 0 amide bonds. The molecule has 0 N–H and O–H groups in total. The van der Waals surface area contributed by atoms with Crippen molar-refractivity contribution >= 4 is 33.8 Å². The van der Waals surface area contributed by atoms with Crippen LogP contribution in [0.4, 0.5) is 0 Å². The van der Waals surface area contributed by atoms with E-state index in [1.54, 1.807) is 42.5 Å². The molecule has 0 heterocycles. The first-order valence-corrected chi connectivity index (χ1v) is 6.04. The van der Waals surface area contributed by atoms with Gasteiger partial charge in [0.25, 0.3) is 0 Å². The second-order valence-electron chi connectivity index (χ2n) is 3.37. The van der Waals surface area contributed by atoms with Gasteiger partial charge in [0.05, 0.1) is 4.47 Å². The molecule has 0 saturated heterocycles. The van der Waals surface area contributed by atoms with Crippen molar-refractivity contribution in [1.82, 2.24) is 0 Å². The minimum Gasteiger partial charge on any atom is -0.456 e. The number of hydrogen-bond acceptors (Lipinski definition) is 2. The molecular formula is C13H8BrClO2. The van der Waals surface area contributed by atoms with E-state index in [1.165, 1.54) is 0 Å². The molecule has 0 spiro atoms. The number of aldehydes is 1. The van der Waals surface area contributed by atoms with Crippen LogP contribution in [0, 0.1) is 0 Å². The summed E-state index contributed by atoms with van der Waals surface area (Å²) in [6.45, 7) is 0. The molecule has 2 rings (SSSR count). The Kier molecular flexibility index (Phi) is 3.82. The van der Waals surface area contributed by atoms with Gasteiger partial charge < -0.3 is 4.74 Å². The van der Waals surface area contributed by atoms with Crippen molar-refractivity contribution in [3.8, 4) is 11.5 Å². The average Bonchev–Trinajstić information content (AvgIpc) is 2.33. The Balaban J connectivity index is 2.27. The molecular weight excluding hydrogens is 303 g/mol. The number of rotatable bonds is 3. The summed E-state index contributed by atoms with van der Waals surface area (Å²) in [6, 6.07) is 12.2. The van der Waals surface area contributed by atoms with E-state index in [1.807, 2.05) is 0 Å². The van der Waals surface area contributed by atoms with Crippen LogP contribution in [-0.2, 0) is 0 Å². The van der Waals surface area contributed by atoms with Gasteiger partial charge in [-0.15, -0.1) is 0 Å². The summed E-state index contributed by atoms with van der Waals surface area (Å²) in [7, 11) is 0. The van der Waals surface area contributed by atoms with Crippen molar-refractivity contribution in [2.24, 2.45) is 0 Å². The second-order valence-corrected chi connectivity index (χ2v) is 4.66. The van der Waals surface area contributed by atoms with E-state index >= 15 is 0 Å². The quantitative estimate of drug-likeness (QED) is 0.768. The maximum absolute atomic E-state index is 10.6. The van der Waals surface area contributed by atoms with Gasteiger partial charge in [-0.25, -0.2) is 0 Å². The van der Waals surface area contributed by atoms with Crippen LogP contribution in [0.3, 0.4) is 0 Å². The molecule has 2 nitrogen and oxygen atoms in total. The standard InChI is InChI=1S/C13H8BrClO2/c14-12-7-10(15)4-5-13(12)17-11-3-1-2-9(6-11)8-16/h1-8H. The lowest BCUT2D eigenvalue weighted by Crippen LogP contribution is -1.87. The molecule has 2 aromatic rings. The highest BCUT2D eigenvalue weighted by Crippen LogP contribution is 2.31. The van der Waals surface area contributed by atoms with Gasteiger partial charge >= 0.3 is 0 Å². The Morgan fingerprint density at radius 2 is 2.00 bits per heavy atom. The van der Waals surface area contributed by atoms with Gasteiger partial charge in [0.15, 0.2) is 0 Å². The molecule has 0 aromatic heterocycles. The average molecular weight is 312 g/mol. The number of carbonyl (C=O) groups excluding carboxylic acids is 1. The largest absolute Gasteiger partial charge is 0.456 e. The number of carbonyl (C=O) groups is 1. The van der Waals surface area contributed by atoms with Gasteiger partial charge in [-0.2, -0.15) is 0 Å². The van der Waals surface area contributed by atoms with E-state index in [0.717, 1.165) is 10.8 Å². The van der Waals surface area contributed by atoms with E-state index in [4.69, 9.17) is 16.3 Å². The SMILES string of the molecule is O=Cc1cccc(Oc2ccc(Cl)cc2Br)c1. The fraction of sp³-hybridized carbons (Fsp3) is 0. The lowest BCUT2D eigenvalue weighted by molar-refractivity contribution is 0.112. The lowest BCUT2D eigenvalue weighted by atomic mass is 10.2. The highest BCUT2D eigenvalue weighted by atomic mass is 79.9. The maximum atomic E-state index is 10.6. The molecule has 86 valence electrons. The summed E-state index contributed by atoms with van der Waals surface area (Å²) >= 11 is 9.20. The van der Waals surface area contributed by atoms with Crippen LogP contribution in [-0.4, -0.2) is 6.29 Å². The Morgan fingerprint density at radius 3 is 2.71 bits per heavy atom. The van der Waals surface area contributed by atoms with Crippen molar-refractivity contribution in [3.05, 3.63) is 57.5 Å². The van der Waals surface area contributed by atoms with Crippen LogP contribution in [0.5, 0.6) is 11.5 Å². The van der Waals surface area contributed by atoms with E-state index in [0.29, 0.717) is 22.1 Å². The summed E-state index contributed by atoms with van der Waals surface area (Å²) in [4.78, 5) is 10.6. The van der Waals surface area contributed by atoms with Crippen molar-refractivity contribution < 1.29 is 9.53 Å². The van der Waals surface area contributed by atoms with Crippen LogP contribution in [0.15, 0.2) is 46.9 Å². The van der Waals surface area contributed by atoms with Crippen LogP contribution in [0.1, 0.15) is 10.4 Å². The summed E-state index contributed by atoms with van der Waals surface area (Å²) < 4.78 is 6.41. The molecule has 4 heteroatoms. The molecule has 17 heavy (non-hydrogen) atoms. The predicted molar refractivity (Wildman–Crippen MR) is 71.1 cm³/mol. The summed E-state index contributed by atoms with van der Waals surface area (Å²) in [5, 5.41) is 0.630. The van der Waals surface area contributed by atoms with Crippen LogP contribution >= 0.6 is 27.5 Å². The van der Waals surface area contributed by atoms with Crippen molar-refractivity contribution in [1.29, 1.82) is 0 Å². The van der Waals surface area contributed by atoms with Crippen molar-refractivity contribution in [2.45, 2.75) is 0 Å². The normalized spacial score (nSPS) is 10.0. The van der Waals surface area contributed by atoms with Crippen molar-refractivity contribution in [3.63, 3.8) is 0 Å². The molecule has 2 aromatic carbocycles. The fourth-order valence-corrected chi connectivity index (χ4v) is 2.10. The minimum absolute atomic E-state index is 0.576. The van der Waals surface area contributed by atoms with Crippen LogP contribution in [0.2, 0.25) is 5.02 Å².